The SMILES string of the molecule is NC(C1C=CC(Br)=CC1)C(F)(F)F. The monoisotopic (exact) mass is 255 g/mol. The van der Waals surface area contributed by atoms with Gasteiger partial charge in [-0.2, -0.15) is 13.2 Å². The fourth-order valence-corrected chi connectivity index (χ4v) is 1.46. The summed E-state index contributed by atoms with van der Waals surface area (Å²) in [7, 11) is 0. The van der Waals surface area contributed by atoms with Crippen molar-refractivity contribution in [2.45, 2.75) is 18.6 Å². The van der Waals surface area contributed by atoms with E-state index in [4.69, 9.17) is 5.73 Å². The van der Waals surface area contributed by atoms with Crippen LogP contribution in [-0.2, 0) is 0 Å². The number of hydrogen-bond acceptors (Lipinski definition) is 1. The molecular formula is C8H9BrF3N. The lowest BCUT2D eigenvalue weighted by Crippen LogP contribution is -2.43. The lowest BCUT2D eigenvalue weighted by molar-refractivity contribution is -0.155. The first kappa shape index (κ1) is 10.8. The molecule has 0 aliphatic heterocycles. The Morgan fingerprint density at radius 3 is 2.54 bits per heavy atom. The standard InChI is InChI=1S/C8H9BrF3N/c9-6-3-1-5(2-4-6)7(13)8(10,11)12/h1,3-5,7H,2,13H2. The number of alkyl halides is 3. The summed E-state index contributed by atoms with van der Waals surface area (Å²) >= 11 is 3.17. The first-order chi connectivity index (χ1) is 5.91. The van der Waals surface area contributed by atoms with Crippen LogP contribution in [0.25, 0.3) is 0 Å². The zero-order chi connectivity index (χ0) is 10.1. The molecule has 0 aromatic carbocycles. The molecule has 0 radical (unpaired) electrons. The van der Waals surface area contributed by atoms with Gasteiger partial charge in [-0.25, -0.2) is 0 Å². The third-order valence-electron chi connectivity index (χ3n) is 1.93. The van der Waals surface area contributed by atoms with Crippen LogP contribution >= 0.6 is 15.9 Å². The van der Waals surface area contributed by atoms with E-state index in [0.717, 1.165) is 4.48 Å². The van der Waals surface area contributed by atoms with E-state index < -0.39 is 18.1 Å². The van der Waals surface area contributed by atoms with Gasteiger partial charge in [0.2, 0.25) is 0 Å². The van der Waals surface area contributed by atoms with E-state index in [1.807, 2.05) is 0 Å². The fraction of sp³-hybridized carbons (Fsp3) is 0.500. The van der Waals surface area contributed by atoms with Gasteiger partial charge in [0, 0.05) is 10.4 Å². The molecule has 1 aliphatic carbocycles. The quantitative estimate of drug-likeness (QED) is 0.766. The highest BCUT2D eigenvalue weighted by atomic mass is 79.9. The second-order valence-corrected chi connectivity index (χ2v) is 3.83. The maximum absolute atomic E-state index is 12.1. The highest BCUT2D eigenvalue weighted by molar-refractivity contribution is 9.11. The van der Waals surface area contributed by atoms with Crippen LogP contribution in [0, 0.1) is 5.92 Å². The highest BCUT2D eigenvalue weighted by Crippen LogP contribution is 2.30. The van der Waals surface area contributed by atoms with E-state index in [-0.39, 0.29) is 0 Å². The van der Waals surface area contributed by atoms with Crippen LogP contribution in [0.4, 0.5) is 13.2 Å². The van der Waals surface area contributed by atoms with Crippen LogP contribution in [0.15, 0.2) is 22.7 Å². The molecule has 2 N–H and O–H groups in total. The lowest BCUT2D eigenvalue weighted by Gasteiger charge is -2.23. The summed E-state index contributed by atoms with van der Waals surface area (Å²) in [5.74, 6) is -0.638. The largest absolute Gasteiger partial charge is 0.404 e. The Morgan fingerprint density at radius 1 is 1.54 bits per heavy atom. The van der Waals surface area contributed by atoms with Crippen LogP contribution in [0.5, 0.6) is 0 Å². The zero-order valence-electron chi connectivity index (χ0n) is 6.68. The van der Waals surface area contributed by atoms with Gasteiger partial charge in [-0.1, -0.05) is 34.2 Å². The van der Waals surface area contributed by atoms with Crippen molar-refractivity contribution < 1.29 is 13.2 Å². The molecule has 0 bridgehead atoms. The average Bonchev–Trinajstić information content (AvgIpc) is 2.03. The van der Waals surface area contributed by atoms with Crippen molar-refractivity contribution in [2.75, 3.05) is 0 Å². The lowest BCUT2D eigenvalue weighted by atomic mass is 9.93. The molecule has 0 aromatic rings. The predicted octanol–water partition coefficient (Wildman–Crippen LogP) is 2.73. The van der Waals surface area contributed by atoms with Gasteiger partial charge in [0.1, 0.15) is 6.04 Å². The predicted molar refractivity (Wildman–Crippen MR) is 48.3 cm³/mol. The maximum atomic E-state index is 12.1. The molecule has 0 aromatic heterocycles. The van der Waals surface area contributed by atoms with Crippen molar-refractivity contribution in [1.29, 1.82) is 0 Å². The smallest absolute Gasteiger partial charge is 0.320 e. The molecule has 1 aliphatic rings. The molecule has 74 valence electrons. The average molecular weight is 256 g/mol. The van der Waals surface area contributed by atoms with Gasteiger partial charge in [0.25, 0.3) is 0 Å². The molecule has 2 atom stereocenters. The Morgan fingerprint density at radius 2 is 2.15 bits per heavy atom. The minimum atomic E-state index is -4.31. The van der Waals surface area contributed by atoms with Crippen molar-refractivity contribution in [3.05, 3.63) is 22.7 Å². The van der Waals surface area contributed by atoms with Gasteiger partial charge in [-0.05, 0) is 6.42 Å². The molecule has 0 amide bonds. The van der Waals surface area contributed by atoms with Crippen molar-refractivity contribution in [1.82, 2.24) is 0 Å². The van der Waals surface area contributed by atoms with E-state index >= 15 is 0 Å². The minimum absolute atomic E-state index is 0.331. The fourth-order valence-electron chi connectivity index (χ4n) is 1.12. The second-order valence-electron chi connectivity index (χ2n) is 2.92. The van der Waals surface area contributed by atoms with Crippen LogP contribution in [-0.4, -0.2) is 12.2 Å². The molecule has 0 saturated heterocycles. The van der Waals surface area contributed by atoms with E-state index in [1.165, 1.54) is 6.08 Å². The Hall–Kier alpha value is -0.290. The summed E-state index contributed by atoms with van der Waals surface area (Å²) in [5.41, 5.74) is 5.05. The topological polar surface area (TPSA) is 26.0 Å². The van der Waals surface area contributed by atoms with Crippen LogP contribution in [0.3, 0.4) is 0 Å². The minimum Gasteiger partial charge on any atom is -0.320 e. The third-order valence-corrected chi connectivity index (χ3v) is 2.51. The molecule has 1 nitrogen and oxygen atoms in total. The second kappa shape index (κ2) is 3.84. The van der Waals surface area contributed by atoms with Gasteiger partial charge >= 0.3 is 6.18 Å². The highest BCUT2D eigenvalue weighted by Gasteiger charge is 2.40. The number of allylic oxidation sites excluding steroid dienone is 3. The summed E-state index contributed by atoms with van der Waals surface area (Å²) < 4.78 is 37.2. The molecule has 0 spiro atoms. The van der Waals surface area contributed by atoms with Crippen molar-refractivity contribution in [3.8, 4) is 0 Å². The molecule has 5 heteroatoms. The number of rotatable bonds is 1. The van der Waals surface area contributed by atoms with Gasteiger partial charge < -0.3 is 5.73 Å². The number of halogens is 4. The summed E-state index contributed by atoms with van der Waals surface area (Å²) in [6, 6.07) is -1.76. The summed E-state index contributed by atoms with van der Waals surface area (Å²) in [6.07, 6.45) is 0.794. The molecule has 2 unspecified atom stereocenters. The van der Waals surface area contributed by atoms with Gasteiger partial charge in [-0.15, -0.1) is 0 Å². The molecule has 0 heterocycles. The van der Waals surface area contributed by atoms with Crippen molar-refractivity contribution in [2.24, 2.45) is 11.7 Å². The zero-order valence-corrected chi connectivity index (χ0v) is 8.27. The van der Waals surface area contributed by atoms with Crippen molar-refractivity contribution in [3.63, 3.8) is 0 Å². The van der Waals surface area contributed by atoms with Crippen molar-refractivity contribution >= 4 is 15.9 Å². The van der Waals surface area contributed by atoms with E-state index in [9.17, 15) is 13.2 Å². The molecule has 0 saturated carbocycles. The Balaban J connectivity index is 2.62. The first-order valence-electron chi connectivity index (χ1n) is 3.77. The van der Waals surface area contributed by atoms with Gasteiger partial charge in [-0.3, -0.25) is 0 Å². The Bertz CT molecular complexity index is 244. The van der Waals surface area contributed by atoms with Gasteiger partial charge in [0.05, 0.1) is 0 Å². The van der Waals surface area contributed by atoms with Gasteiger partial charge in [0.15, 0.2) is 0 Å². The number of nitrogens with two attached hydrogens (primary N) is 1. The Labute approximate surface area is 82.6 Å². The number of hydrogen-bond donors (Lipinski definition) is 1. The first-order valence-corrected chi connectivity index (χ1v) is 4.56. The molecular weight excluding hydrogens is 247 g/mol. The normalized spacial score (nSPS) is 25.6. The van der Waals surface area contributed by atoms with E-state index in [1.54, 1.807) is 12.2 Å². The maximum Gasteiger partial charge on any atom is 0.404 e. The van der Waals surface area contributed by atoms with Crippen LogP contribution in [0.2, 0.25) is 0 Å². The third kappa shape index (κ3) is 2.84. The summed E-state index contributed by atoms with van der Waals surface area (Å²) in [6.45, 7) is 0. The molecule has 0 fully saturated rings. The summed E-state index contributed by atoms with van der Waals surface area (Å²) in [5, 5.41) is 0. The van der Waals surface area contributed by atoms with Crippen LogP contribution in [0.1, 0.15) is 6.42 Å². The van der Waals surface area contributed by atoms with Crippen LogP contribution < -0.4 is 5.73 Å². The van der Waals surface area contributed by atoms with E-state index in [2.05, 4.69) is 15.9 Å². The molecule has 13 heavy (non-hydrogen) atoms. The molecule has 1 rings (SSSR count). The van der Waals surface area contributed by atoms with E-state index in [0.29, 0.717) is 6.42 Å². The Kier molecular flexibility index (Phi) is 3.18. The summed E-state index contributed by atoms with van der Waals surface area (Å²) in [4.78, 5) is 0.